The molecule has 0 unspecified atom stereocenters. The van der Waals surface area contributed by atoms with Crippen LogP contribution in [0, 0.1) is 0 Å². The number of nitrogen functional groups attached to an aromatic ring is 1. The van der Waals surface area contributed by atoms with Crippen LogP contribution < -0.4 is 15.8 Å². The molecule has 3 rings (SSSR count). The first-order chi connectivity index (χ1) is 12.0. The minimum Gasteiger partial charge on any atom is -0.409 e. The summed E-state index contributed by atoms with van der Waals surface area (Å²) in [6, 6.07) is 6.61. The Morgan fingerprint density at radius 3 is 2.64 bits per heavy atom. The number of ether oxygens (including phenoxy) is 1. The van der Waals surface area contributed by atoms with E-state index < -0.39 is 12.0 Å². The predicted molar refractivity (Wildman–Crippen MR) is 96.0 cm³/mol. The van der Waals surface area contributed by atoms with E-state index in [9.17, 15) is 9.59 Å². The second-order valence-electron chi connectivity index (χ2n) is 5.68. The number of para-hydroxylation sites is 1. The zero-order chi connectivity index (χ0) is 17.8. The molecule has 1 saturated heterocycles. The number of aromatic nitrogens is 1. The lowest BCUT2D eigenvalue weighted by atomic mass is 10.2. The molecule has 2 heterocycles. The molecule has 0 bridgehead atoms. The van der Waals surface area contributed by atoms with E-state index in [2.05, 4.69) is 15.2 Å². The summed E-state index contributed by atoms with van der Waals surface area (Å²) in [5.74, 6) is -0.190. The van der Waals surface area contributed by atoms with E-state index in [1.807, 2.05) is 7.05 Å². The molecule has 1 fully saturated rings. The number of benzene rings is 1. The van der Waals surface area contributed by atoms with Gasteiger partial charge in [-0.25, -0.2) is 9.78 Å². The van der Waals surface area contributed by atoms with Gasteiger partial charge in [-0.2, -0.15) is 0 Å². The Morgan fingerprint density at radius 2 is 1.96 bits per heavy atom. The summed E-state index contributed by atoms with van der Waals surface area (Å²) in [5.41, 5.74) is 5.87. The number of rotatable bonds is 3. The second-order valence-corrected chi connectivity index (χ2v) is 6.74. The normalized spacial score (nSPS) is 15.0. The Bertz CT molecular complexity index is 771. The van der Waals surface area contributed by atoms with E-state index in [-0.39, 0.29) is 11.3 Å². The topological polar surface area (TPSA) is 101 Å². The Kier molecular flexibility index (Phi) is 5.15. The minimum absolute atomic E-state index is 0.216. The van der Waals surface area contributed by atoms with Gasteiger partial charge in [0.1, 0.15) is 10.8 Å². The van der Waals surface area contributed by atoms with Gasteiger partial charge in [-0.3, -0.25) is 10.1 Å². The smallest absolute Gasteiger partial charge is 0.409 e. The van der Waals surface area contributed by atoms with Crippen LogP contribution in [-0.4, -0.2) is 60.0 Å². The molecule has 2 amide bonds. The fourth-order valence-electron chi connectivity index (χ4n) is 2.40. The number of anilines is 2. The van der Waals surface area contributed by atoms with Crippen molar-refractivity contribution in [1.82, 2.24) is 14.8 Å². The molecule has 1 aliphatic rings. The molecular formula is C16H19N5O3S. The fraction of sp³-hybridized carbons (Fsp3) is 0.312. The van der Waals surface area contributed by atoms with Crippen molar-refractivity contribution < 1.29 is 14.3 Å². The van der Waals surface area contributed by atoms with Crippen LogP contribution in [0.5, 0.6) is 5.75 Å². The van der Waals surface area contributed by atoms with Crippen LogP contribution in [0.4, 0.5) is 14.9 Å². The van der Waals surface area contributed by atoms with Gasteiger partial charge in [-0.15, -0.1) is 0 Å². The van der Waals surface area contributed by atoms with Gasteiger partial charge in [0.05, 0.1) is 11.8 Å². The summed E-state index contributed by atoms with van der Waals surface area (Å²) >= 11 is 1.17. The average Bonchev–Trinajstić information content (AvgIpc) is 3.00. The van der Waals surface area contributed by atoms with E-state index >= 15 is 0 Å². The van der Waals surface area contributed by atoms with Gasteiger partial charge in [0, 0.05) is 26.2 Å². The number of carbonyl (C=O) groups is 2. The van der Waals surface area contributed by atoms with Gasteiger partial charge in [0.15, 0.2) is 5.13 Å². The van der Waals surface area contributed by atoms with E-state index in [0.717, 1.165) is 13.1 Å². The Labute approximate surface area is 149 Å². The summed E-state index contributed by atoms with van der Waals surface area (Å²) in [6.45, 7) is 2.79. The van der Waals surface area contributed by atoms with Crippen molar-refractivity contribution in [3.05, 3.63) is 36.0 Å². The molecule has 0 atom stereocenters. The maximum atomic E-state index is 12.4. The summed E-state index contributed by atoms with van der Waals surface area (Å²) in [7, 11) is 2.01. The second kappa shape index (κ2) is 7.49. The number of amides is 2. The molecule has 1 aromatic heterocycles. The lowest BCUT2D eigenvalue weighted by Crippen LogP contribution is -2.48. The van der Waals surface area contributed by atoms with Crippen molar-refractivity contribution >= 4 is 33.5 Å². The largest absolute Gasteiger partial charge is 0.415 e. The van der Waals surface area contributed by atoms with Crippen molar-refractivity contribution in [2.24, 2.45) is 0 Å². The molecule has 9 heteroatoms. The highest BCUT2D eigenvalue weighted by Gasteiger charge is 2.23. The fourth-order valence-corrected chi connectivity index (χ4v) is 2.98. The molecule has 2 aromatic rings. The van der Waals surface area contributed by atoms with Crippen LogP contribution in [0.2, 0.25) is 0 Å². The minimum atomic E-state index is -0.452. The van der Waals surface area contributed by atoms with Crippen LogP contribution in [0.3, 0.4) is 0 Å². The number of hydrogen-bond donors (Lipinski definition) is 2. The SMILES string of the molecule is CN1CCN(C(=O)Oc2ccccc2C(=O)Nc2ncc(N)s2)CC1. The lowest BCUT2D eigenvalue weighted by molar-refractivity contribution is 0.102. The van der Waals surface area contributed by atoms with E-state index in [1.165, 1.54) is 17.5 Å². The van der Waals surface area contributed by atoms with Gasteiger partial charge in [-0.1, -0.05) is 23.5 Å². The van der Waals surface area contributed by atoms with E-state index in [1.54, 1.807) is 29.2 Å². The average molecular weight is 361 g/mol. The molecule has 0 radical (unpaired) electrons. The Balaban J connectivity index is 1.70. The van der Waals surface area contributed by atoms with Gasteiger partial charge in [0.25, 0.3) is 5.91 Å². The number of nitrogens with zero attached hydrogens (tertiary/aromatic N) is 3. The number of hydrogen-bond acceptors (Lipinski definition) is 7. The maximum absolute atomic E-state index is 12.4. The standard InChI is InChI=1S/C16H19N5O3S/c1-20-6-8-21(9-7-20)16(23)24-12-5-3-2-4-11(12)14(22)19-15-18-10-13(17)25-15/h2-5,10H,6-9,17H2,1H3,(H,18,19,22). The molecule has 3 N–H and O–H groups in total. The maximum Gasteiger partial charge on any atom is 0.415 e. The lowest BCUT2D eigenvalue weighted by Gasteiger charge is -2.31. The Morgan fingerprint density at radius 1 is 1.24 bits per heavy atom. The molecule has 132 valence electrons. The van der Waals surface area contributed by atoms with Gasteiger partial charge >= 0.3 is 6.09 Å². The Hall–Kier alpha value is -2.65. The number of thiazole rings is 1. The zero-order valence-corrected chi connectivity index (χ0v) is 14.6. The zero-order valence-electron chi connectivity index (χ0n) is 13.8. The van der Waals surface area contributed by atoms with Crippen molar-refractivity contribution in [3.63, 3.8) is 0 Å². The molecule has 0 spiro atoms. The first-order valence-electron chi connectivity index (χ1n) is 7.80. The predicted octanol–water partition coefficient (Wildman–Crippen LogP) is 1.72. The number of nitrogens with two attached hydrogens (primary N) is 1. The first-order valence-corrected chi connectivity index (χ1v) is 8.61. The summed E-state index contributed by atoms with van der Waals surface area (Å²) in [5, 5.41) is 3.55. The third kappa shape index (κ3) is 4.25. The summed E-state index contributed by atoms with van der Waals surface area (Å²) < 4.78 is 5.45. The van der Waals surface area contributed by atoms with E-state index in [4.69, 9.17) is 10.5 Å². The van der Waals surface area contributed by atoms with Crippen LogP contribution in [0.25, 0.3) is 0 Å². The third-order valence-electron chi connectivity index (χ3n) is 3.83. The molecule has 8 nitrogen and oxygen atoms in total. The number of piperazine rings is 1. The van der Waals surface area contributed by atoms with Crippen molar-refractivity contribution in [3.8, 4) is 5.75 Å². The van der Waals surface area contributed by atoms with Crippen molar-refractivity contribution in [2.45, 2.75) is 0 Å². The summed E-state index contributed by atoms with van der Waals surface area (Å²) in [4.78, 5) is 32.6. The highest BCUT2D eigenvalue weighted by molar-refractivity contribution is 7.19. The summed E-state index contributed by atoms with van der Waals surface area (Å²) in [6.07, 6.45) is 1.02. The molecule has 0 saturated carbocycles. The number of likely N-dealkylation sites (N-methyl/N-ethyl adjacent to an activating group) is 1. The van der Waals surface area contributed by atoms with Crippen LogP contribution >= 0.6 is 11.3 Å². The molecular weight excluding hydrogens is 342 g/mol. The van der Waals surface area contributed by atoms with Crippen LogP contribution in [-0.2, 0) is 0 Å². The third-order valence-corrected chi connectivity index (χ3v) is 4.58. The van der Waals surface area contributed by atoms with Crippen LogP contribution in [0.1, 0.15) is 10.4 Å². The monoisotopic (exact) mass is 361 g/mol. The quantitative estimate of drug-likeness (QED) is 0.863. The van der Waals surface area contributed by atoms with Crippen molar-refractivity contribution in [1.29, 1.82) is 0 Å². The van der Waals surface area contributed by atoms with Crippen molar-refractivity contribution in [2.75, 3.05) is 44.3 Å². The highest BCUT2D eigenvalue weighted by atomic mass is 32.1. The number of nitrogens with one attached hydrogen (secondary N) is 1. The molecule has 0 aliphatic carbocycles. The van der Waals surface area contributed by atoms with Gasteiger partial charge in [-0.05, 0) is 19.2 Å². The van der Waals surface area contributed by atoms with Gasteiger partial charge in [0.2, 0.25) is 0 Å². The molecule has 1 aromatic carbocycles. The van der Waals surface area contributed by atoms with Gasteiger partial charge < -0.3 is 20.3 Å². The molecule has 1 aliphatic heterocycles. The van der Waals surface area contributed by atoms with Crippen LogP contribution in [0.15, 0.2) is 30.5 Å². The first kappa shape index (κ1) is 17.2. The highest BCUT2D eigenvalue weighted by Crippen LogP contribution is 2.23. The molecule has 25 heavy (non-hydrogen) atoms. The number of carbonyl (C=O) groups excluding carboxylic acids is 2. The van der Waals surface area contributed by atoms with E-state index in [0.29, 0.717) is 23.2 Å².